The molecule has 0 bridgehead atoms. The molecule has 1 aliphatic rings. The molecule has 6 nitrogen and oxygen atoms in total. The quantitative estimate of drug-likeness (QED) is 0.231. The maximum absolute atomic E-state index is 4.36. The van der Waals surface area contributed by atoms with Gasteiger partial charge in [-0.15, -0.1) is 24.0 Å². The Bertz CT molecular complexity index is 772. The van der Waals surface area contributed by atoms with Crippen LogP contribution < -0.4 is 10.6 Å². The summed E-state index contributed by atoms with van der Waals surface area (Å²) in [5.41, 5.74) is 3.86. The van der Waals surface area contributed by atoms with E-state index in [0.29, 0.717) is 0 Å². The molecule has 2 aromatic rings. The number of nitrogens with one attached hydrogen (secondary N) is 3. The van der Waals surface area contributed by atoms with Crippen molar-refractivity contribution in [3.05, 3.63) is 35.5 Å². The van der Waals surface area contributed by atoms with Crippen LogP contribution in [-0.4, -0.2) is 80.7 Å². The molecule has 3 N–H and O–H groups in total. The Hall–Kier alpha value is -1.32. The van der Waals surface area contributed by atoms with E-state index in [9.17, 15) is 0 Å². The van der Waals surface area contributed by atoms with Crippen LogP contribution in [0.15, 0.2) is 29.4 Å². The zero-order valence-corrected chi connectivity index (χ0v) is 20.5. The Morgan fingerprint density at radius 2 is 1.97 bits per heavy atom. The second-order valence-electron chi connectivity index (χ2n) is 7.89. The van der Waals surface area contributed by atoms with Crippen LogP contribution in [0, 0.1) is 6.92 Å². The van der Waals surface area contributed by atoms with Crippen LogP contribution in [-0.2, 0) is 6.42 Å². The molecule has 0 atom stereocenters. The van der Waals surface area contributed by atoms with Crippen LogP contribution in [0.25, 0.3) is 10.9 Å². The number of likely N-dealkylation sites (N-methyl/N-ethyl adjacent to an activating group) is 1. The summed E-state index contributed by atoms with van der Waals surface area (Å²) in [6, 6.07) is 6.59. The van der Waals surface area contributed by atoms with E-state index in [-0.39, 0.29) is 24.0 Å². The number of H-pyrrole nitrogens is 1. The molecule has 0 saturated carbocycles. The Morgan fingerprint density at radius 1 is 1.14 bits per heavy atom. The third-order valence-corrected chi connectivity index (χ3v) is 5.59. The minimum Gasteiger partial charge on any atom is -0.361 e. The number of nitrogens with zero attached hydrogens (tertiary/aromatic N) is 3. The lowest BCUT2D eigenvalue weighted by atomic mass is 10.1. The van der Waals surface area contributed by atoms with Crippen molar-refractivity contribution < 1.29 is 0 Å². The molecule has 29 heavy (non-hydrogen) atoms. The Balaban J connectivity index is 0.00000300. The monoisotopic (exact) mass is 512 g/mol. The molecule has 2 heterocycles. The first-order valence-electron chi connectivity index (χ1n) is 10.6. The first-order chi connectivity index (χ1) is 13.7. The van der Waals surface area contributed by atoms with Gasteiger partial charge in [-0.3, -0.25) is 4.99 Å². The summed E-state index contributed by atoms with van der Waals surface area (Å²) in [7, 11) is 4.06. The predicted octanol–water partition coefficient (Wildman–Crippen LogP) is 2.83. The van der Waals surface area contributed by atoms with E-state index >= 15 is 0 Å². The number of aromatic nitrogens is 1. The van der Waals surface area contributed by atoms with Crippen molar-refractivity contribution in [1.82, 2.24) is 25.4 Å². The molecule has 0 amide bonds. The maximum atomic E-state index is 4.36. The molecule has 1 fully saturated rings. The van der Waals surface area contributed by atoms with Crippen molar-refractivity contribution in [1.29, 1.82) is 0 Å². The van der Waals surface area contributed by atoms with Gasteiger partial charge in [-0.25, -0.2) is 0 Å². The molecule has 0 spiro atoms. The van der Waals surface area contributed by atoms with Crippen LogP contribution in [0.4, 0.5) is 0 Å². The van der Waals surface area contributed by atoms with Crippen molar-refractivity contribution in [2.45, 2.75) is 26.2 Å². The molecular formula is C22H37IN6. The fraction of sp³-hybridized carbons (Fsp3) is 0.591. The number of aliphatic imine (C=N–C) groups is 1. The van der Waals surface area contributed by atoms with Crippen molar-refractivity contribution in [3.8, 4) is 0 Å². The topological polar surface area (TPSA) is 58.7 Å². The number of rotatable bonds is 7. The molecule has 1 saturated heterocycles. The minimum absolute atomic E-state index is 0. The van der Waals surface area contributed by atoms with Gasteiger partial charge in [0.2, 0.25) is 0 Å². The Labute approximate surface area is 192 Å². The number of aromatic amines is 1. The van der Waals surface area contributed by atoms with Gasteiger partial charge in [-0.1, -0.05) is 12.1 Å². The standard InChI is InChI=1S/C22H36N6.HI/c1-18-6-7-20-19(17-26-21(20)16-18)8-10-25-22(23-2)24-9-4-12-28-13-5-11-27(3)14-15-28;/h6-7,16-17,26H,4-5,8-15H2,1-3H3,(H2,23,24,25);1H. The highest BCUT2D eigenvalue weighted by atomic mass is 127. The fourth-order valence-electron chi connectivity index (χ4n) is 3.88. The van der Waals surface area contributed by atoms with E-state index in [1.807, 2.05) is 7.05 Å². The summed E-state index contributed by atoms with van der Waals surface area (Å²) in [5.74, 6) is 0.895. The normalized spacial score (nSPS) is 16.4. The lowest BCUT2D eigenvalue weighted by molar-refractivity contribution is 0.274. The van der Waals surface area contributed by atoms with E-state index in [4.69, 9.17) is 0 Å². The zero-order chi connectivity index (χ0) is 19.8. The van der Waals surface area contributed by atoms with Gasteiger partial charge in [0.25, 0.3) is 0 Å². The van der Waals surface area contributed by atoms with Gasteiger partial charge in [-0.2, -0.15) is 0 Å². The summed E-state index contributed by atoms with van der Waals surface area (Å²) >= 11 is 0. The van der Waals surface area contributed by atoms with Crippen molar-refractivity contribution in [3.63, 3.8) is 0 Å². The summed E-state index contributed by atoms with van der Waals surface area (Å²) in [4.78, 5) is 12.7. The molecule has 162 valence electrons. The average Bonchev–Trinajstić information content (AvgIpc) is 2.96. The highest BCUT2D eigenvalue weighted by Gasteiger charge is 2.11. The number of fused-ring (bicyclic) bond motifs is 1. The van der Waals surface area contributed by atoms with Crippen LogP contribution in [0.5, 0.6) is 0 Å². The molecular weight excluding hydrogens is 475 g/mol. The van der Waals surface area contributed by atoms with E-state index in [0.717, 1.165) is 38.4 Å². The van der Waals surface area contributed by atoms with E-state index in [1.165, 1.54) is 54.6 Å². The fourth-order valence-corrected chi connectivity index (χ4v) is 3.88. The summed E-state index contributed by atoms with van der Waals surface area (Å²) in [6.07, 6.45) is 5.53. The van der Waals surface area contributed by atoms with Crippen LogP contribution in [0.3, 0.4) is 0 Å². The molecule has 0 radical (unpaired) electrons. The smallest absolute Gasteiger partial charge is 0.190 e. The van der Waals surface area contributed by atoms with Crippen molar-refractivity contribution in [2.75, 3.05) is 59.9 Å². The van der Waals surface area contributed by atoms with Gasteiger partial charge in [-0.05, 0) is 70.1 Å². The third-order valence-electron chi connectivity index (χ3n) is 5.59. The number of hydrogen-bond acceptors (Lipinski definition) is 3. The second kappa shape index (κ2) is 12.4. The predicted molar refractivity (Wildman–Crippen MR) is 135 cm³/mol. The van der Waals surface area contributed by atoms with Crippen LogP contribution in [0.1, 0.15) is 24.0 Å². The molecule has 1 aromatic carbocycles. The minimum atomic E-state index is 0. The molecule has 7 heteroatoms. The van der Waals surface area contributed by atoms with Gasteiger partial charge >= 0.3 is 0 Å². The Morgan fingerprint density at radius 3 is 2.79 bits per heavy atom. The number of halogens is 1. The highest BCUT2D eigenvalue weighted by Crippen LogP contribution is 2.19. The molecule has 1 aliphatic heterocycles. The van der Waals surface area contributed by atoms with Gasteiger partial charge in [0, 0.05) is 50.3 Å². The van der Waals surface area contributed by atoms with Crippen molar-refractivity contribution >= 4 is 40.8 Å². The maximum Gasteiger partial charge on any atom is 0.190 e. The number of guanidine groups is 1. The van der Waals surface area contributed by atoms with E-state index in [2.05, 4.69) is 68.8 Å². The molecule has 0 unspecified atom stereocenters. The van der Waals surface area contributed by atoms with Crippen LogP contribution in [0.2, 0.25) is 0 Å². The summed E-state index contributed by atoms with van der Waals surface area (Å²) < 4.78 is 0. The molecule has 1 aromatic heterocycles. The van der Waals surface area contributed by atoms with Gasteiger partial charge in [0.1, 0.15) is 0 Å². The lowest BCUT2D eigenvalue weighted by Crippen LogP contribution is -2.39. The first-order valence-corrected chi connectivity index (χ1v) is 10.6. The number of benzene rings is 1. The number of hydrogen-bond donors (Lipinski definition) is 3. The van der Waals surface area contributed by atoms with Gasteiger partial charge in [0.05, 0.1) is 0 Å². The zero-order valence-electron chi connectivity index (χ0n) is 18.1. The summed E-state index contributed by atoms with van der Waals surface area (Å²) in [5, 5.41) is 8.21. The number of aryl methyl sites for hydroxylation is 1. The first kappa shape index (κ1) is 24.0. The van der Waals surface area contributed by atoms with Crippen molar-refractivity contribution in [2.24, 2.45) is 4.99 Å². The highest BCUT2D eigenvalue weighted by molar-refractivity contribution is 14.0. The van der Waals surface area contributed by atoms with E-state index in [1.54, 1.807) is 0 Å². The second-order valence-corrected chi connectivity index (χ2v) is 7.89. The van der Waals surface area contributed by atoms with Gasteiger partial charge < -0.3 is 25.4 Å². The van der Waals surface area contributed by atoms with Crippen LogP contribution >= 0.6 is 24.0 Å². The molecule has 0 aliphatic carbocycles. The van der Waals surface area contributed by atoms with E-state index < -0.39 is 0 Å². The molecule has 3 rings (SSSR count). The third kappa shape index (κ3) is 7.46. The largest absolute Gasteiger partial charge is 0.361 e. The van der Waals surface area contributed by atoms with Gasteiger partial charge in [0.15, 0.2) is 5.96 Å². The SMILES string of the molecule is CN=C(NCCCN1CCCN(C)CC1)NCCc1c[nH]c2cc(C)ccc12.I. The lowest BCUT2D eigenvalue weighted by Gasteiger charge is -2.20. The Kier molecular flexibility index (Phi) is 10.2. The summed E-state index contributed by atoms with van der Waals surface area (Å²) in [6.45, 7) is 9.94. The average molecular weight is 512 g/mol.